The number of benzene rings is 1. The van der Waals surface area contributed by atoms with Gasteiger partial charge < -0.3 is 9.84 Å². The molecule has 2 rings (SSSR count). The molecule has 2 heteroatoms. The predicted molar refractivity (Wildman–Crippen MR) is 64.0 cm³/mol. The van der Waals surface area contributed by atoms with Gasteiger partial charge in [-0.1, -0.05) is 43.3 Å². The largest absolute Gasteiger partial charge is 0.392 e. The van der Waals surface area contributed by atoms with Gasteiger partial charge in [0.15, 0.2) is 0 Å². The van der Waals surface area contributed by atoms with Crippen molar-refractivity contribution in [3.8, 4) is 0 Å². The Kier molecular flexibility index (Phi) is 3.42. The molecule has 0 saturated carbocycles. The van der Waals surface area contributed by atoms with Crippen LogP contribution in [-0.4, -0.2) is 17.3 Å². The van der Waals surface area contributed by atoms with E-state index in [2.05, 4.69) is 18.7 Å². The maximum absolute atomic E-state index is 9.84. The van der Waals surface area contributed by atoms with E-state index in [0.29, 0.717) is 6.42 Å². The lowest BCUT2D eigenvalue weighted by atomic mass is 9.94. The number of aliphatic hydroxyl groups excluding tert-OH is 1. The van der Waals surface area contributed by atoms with E-state index in [1.165, 1.54) is 5.56 Å². The Labute approximate surface area is 96.6 Å². The minimum Gasteiger partial charge on any atom is -0.392 e. The zero-order valence-electron chi connectivity index (χ0n) is 9.54. The van der Waals surface area contributed by atoms with E-state index in [-0.39, 0.29) is 24.2 Å². The first-order valence-corrected chi connectivity index (χ1v) is 5.73. The highest BCUT2D eigenvalue weighted by atomic mass is 16.6. The molecule has 0 spiro atoms. The molecule has 0 bridgehead atoms. The SMILES string of the molecule is C=CC[C@H](O)[C@H](C)[C@H]1O[C@H]1c1ccccc1. The highest BCUT2D eigenvalue weighted by molar-refractivity contribution is 5.22. The van der Waals surface area contributed by atoms with Crippen LogP contribution in [0.3, 0.4) is 0 Å². The van der Waals surface area contributed by atoms with Crippen molar-refractivity contribution in [2.24, 2.45) is 5.92 Å². The van der Waals surface area contributed by atoms with E-state index >= 15 is 0 Å². The Balaban J connectivity index is 1.94. The van der Waals surface area contributed by atoms with Crippen molar-refractivity contribution in [2.45, 2.75) is 31.7 Å². The van der Waals surface area contributed by atoms with E-state index in [1.807, 2.05) is 25.1 Å². The number of hydrogen-bond donors (Lipinski definition) is 1. The van der Waals surface area contributed by atoms with Gasteiger partial charge in [0, 0.05) is 5.92 Å². The zero-order valence-corrected chi connectivity index (χ0v) is 9.54. The van der Waals surface area contributed by atoms with Gasteiger partial charge in [0.2, 0.25) is 0 Å². The first-order chi connectivity index (χ1) is 7.74. The van der Waals surface area contributed by atoms with E-state index < -0.39 is 0 Å². The number of rotatable bonds is 5. The minimum absolute atomic E-state index is 0.150. The molecule has 1 fully saturated rings. The molecular formula is C14H18O2. The molecule has 2 nitrogen and oxygen atoms in total. The molecule has 1 saturated heterocycles. The van der Waals surface area contributed by atoms with Crippen LogP contribution in [-0.2, 0) is 4.74 Å². The molecule has 0 aliphatic carbocycles. The second kappa shape index (κ2) is 4.81. The lowest BCUT2D eigenvalue weighted by Crippen LogP contribution is -2.22. The van der Waals surface area contributed by atoms with Gasteiger partial charge in [-0.2, -0.15) is 0 Å². The second-order valence-electron chi connectivity index (χ2n) is 4.38. The lowest BCUT2D eigenvalue weighted by molar-refractivity contribution is 0.101. The molecule has 0 aromatic heterocycles. The summed E-state index contributed by atoms with van der Waals surface area (Å²) in [6.45, 7) is 5.67. The monoisotopic (exact) mass is 218 g/mol. The fourth-order valence-corrected chi connectivity index (χ4v) is 2.04. The van der Waals surface area contributed by atoms with Gasteiger partial charge in [0.1, 0.15) is 6.10 Å². The normalized spacial score (nSPS) is 27.1. The van der Waals surface area contributed by atoms with Crippen molar-refractivity contribution in [3.05, 3.63) is 48.6 Å². The van der Waals surface area contributed by atoms with Crippen LogP contribution < -0.4 is 0 Å². The summed E-state index contributed by atoms with van der Waals surface area (Å²) in [5, 5.41) is 9.84. The Bertz CT molecular complexity index is 347. The van der Waals surface area contributed by atoms with Crippen LogP contribution in [0.2, 0.25) is 0 Å². The van der Waals surface area contributed by atoms with Crippen molar-refractivity contribution in [3.63, 3.8) is 0 Å². The van der Waals surface area contributed by atoms with Gasteiger partial charge in [-0.3, -0.25) is 0 Å². The van der Waals surface area contributed by atoms with Crippen molar-refractivity contribution in [1.29, 1.82) is 0 Å². The third-order valence-electron chi connectivity index (χ3n) is 3.19. The Morgan fingerprint density at radius 3 is 2.75 bits per heavy atom. The van der Waals surface area contributed by atoms with Crippen molar-refractivity contribution in [2.75, 3.05) is 0 Å². The van der Waals surface area contributed by atoms with E-state index in [1.54, 1.807) is 6.08 Å². The average molecular weight is 218 g/mol. The number of hydrogen-bond acceptors (Lipinski definition) is 2. The van der Waals surface area contributed by atoms with E-state index in [0.717, 1.165) is 0 Å². The molecule has 1 N–H and O–H groups in total. The zero-order chi connectivity index (χ0) is 11.5. The third kappa shape index (κ3) is 2.34. The standard InChI is InChI=1S/C14H18O2/c1-3-7-12(15)10(2)13-14(16-13)11-8-5-4-6-9-11/h3-6,8-10,12-15H,1,7H2,2H3/t10-,12-,13+,14-/m0/s1. The topological polar surface area (TPSA) is 32.8 Å². The number of aliphatic hydroxyl groups is 1. The molecule has 0 amide bonds. The molecule has 1 aliphatic heterocycles. The number of epoxide rings is 1. The summed E-state index contributed by atoms with van der Waals surface area (Å²) in [4.78, 5) is 0. The van der Waals surface area contributed by atoms with Crippen LogP contribution in [0.25, 0.3) is 0 Å². The van der Waals surface area contributed by atoms with Crippen molar-refractivity contribution >= 4 is 0 Å². The van der Waals surface area contributed by atoms with Crippen molar-refractivity contribution < 1.29 is 9.84 Å². The summed E-state index contributed by atoms with van der Waals surface area (Å²) in [6.07, 6.45) is 2.34. The van der Waals surface area contributed by atoms with Gasteiger partial charge >= 0.3 is 0 Å². The van der Waals surface area contributed by atoms with Gasteiger partial charge in [-0.25, -0.2) is 0 Å². The smallest absolute Gasteiger partial charge is 0.110 e. The van der Waals surface area contributed by atoms with Crippen LogP contribution in [0.15, 0.2) is 43.0 Å². The average Bonchev–Trinajstić information content (AvgIpc) is 3.09. The molecule has 0 radical (unpaired) electrons. The lowest BCUT2D eigenvalue weighted by Gasteiger charge is -2.14. The second-order valence-corrected chi connectivity index (χ2v) is 4.38. The number of ether oxygens (including phenoxy) is 1. The maximum Gasteiger partial charge on any atom is 0.110 e. The van der Waals surface area contributed by atoms with E-state index in [9.17, 15) is 5.11 Å². The minimum atomic E-state index is -0.351. The van der Waals surface area contributed by atoms with Crippen molar-refractivity contribution in [1.82, 2.24) is 0 Å². The summed E-state index contributed by atoms with van der Waals surface area (Å²) in [6, 6.07) is 10.2. The van der Waals surface area contributed by atoms with Gasteiger partial charge in [0.05, 0.1) is 12.2 Å². The highest BCUT2D eigenvalue weighted by Gasteiger charge is 2.45. The Morgan fingerprint density at radius 1 is 1.44 bits per heavy atom. The molecule has 16 heavy (non-hydrogen) atoms. The first kappa shape index (κ1) is 11.4. The molecular weight excluding hydrogens is 200 g/mol. The van der Waals surface area contributed by atoms with Crippen LogP contribution in [0.5, 0.6) is 0 Å². The van der Waals surface area contributed by atoms with Gasteiger partial charge in [0.25, 0.3) is 0 Å². The van der Waals surface area contributed by atoms with E-state index in [4.69, 9.17) is 4.74 Å². The summed E-state index contributed by atoms with van der Waals surface area (Å²) in [5.41, 5.74) is 1.20. The Hall–Kier alpha value is -1.12. The van der Waals surface area contributed by atoms with Crippen LogP contribution in [0.1, 0.15) is 25.0 Å². The van der Waals surface area contributed by atoms with Crippen LogP contribution in [0.4, 0.5) is 0 Å². The quantitative estimate of drug-likeness (QED) is 0.609. The first-order valence-electron chi connectivity index (χ1n) is 5.73. The summed E-state index contributed by atoms with van der Waals surface area (Å²) in [7, 11) is 0. The van der Waals surface area contributed by atoms with Gasteiger partial charge in [-0.05, 0) is 12.0 Å². The highest BCUT2D eigenvalue weighted by Crippen LogP contribution is 2.44. The molecule has 1 aromatic rings. The maximum atomic E-state index is 9.84. The summed E-state index contributed by atoms with van der Waals surface area (Å²) >= 11 is 0. The fourth-order valence-electron chi connectivity index (χ4n) is 2.04. The molecule has 86 valence electrons. The summed E-state index contributed by atoms with van der Waals surface area (Å²) < 4.78 is 5.64. The predicted octanol–water partition coefficient (Wildman–Crippen LogP) is 2.70. The van der Waals surface area contributed by atoms with Gasteiger partial charge in [-0.15, -0.1) is 6.58 Å². The third-order valence-corrected chi connectivity index (χ3v) is 3.19. The molecule has 1 heterocycles. The Morgan fingerprint density at radius 2 is 2.12 bits per heavy atom. The fraction of sp³-hybridized carbons (Fsp3) is 0.429. The van der Waals surface area contributed by atoms with Crippen LogP contribution in [0, 0.1) is 5.92 Å². The summed E-state index contributed by atoms with van der Waals surface area (Å²) in [5.74, 6) is 0.156. The molecule has 1 aromatic carbocycles. The van der Waals surface area contributed by atoms with Crippen LogP contribution >= 0.6 is 0 Å². The molecule has 1 aliphatic rings. The molecule has 4 atom stereocenters. The molecule has 0 unspecified atom stereocenters.